The third-order valence-corrected chi connectivity index (χ3v) is 5.91. The molecule has 0 spiro atoms. The maximum Gasteiger partial charge on any atom is 0.598 e. The molecular formula is C20H20F3N3O2S2. The van der Waals surface area contributed by atoms with E-state index in [1.54, 1.807) is 18.3 Å². The first-order valence-electron chi connectivity index (χ1n) is 8.85. The maximum absolute atomic E-state index is 12.6. The third-order valence-electron chi connectivity index (χ3n) is 4.19. The molecular weight excluding hydrogens is 435 g/mol. The summed E-state index contributed by atoms with van der Waals surface area (Å²) >= 11 is -1.78. The lowest BCUT2D eigenvalue weighted by molar-refractivity contribution is -0.0428. The minimum absolute atomic E-state index is 0.0173. The molecule has 0 aliphatic heterocycles. The first-order chi connectivity index (χ1) is 14.0. The SMILES string of the molecule is COc1cc(-c2csc(-c3ccnc(C(C)(C)C)c3)n2)ccc1N[S+]([O-])C(F)(F)F. The van der Waals surface area contributed by atoms with Crippen LogP contribution in [-0.2, 0) is 16.8 Å². The Hall–Kier alpha value is -2.30. The zero-order valence-corrected chi connectivity index (χ0v) is 18.3. The summed E-state index contributed by atoms with van der Waals surface area (Å²) in [5.74, 6) is 0.138. The number of aromatic nitrogens is 2. The number of methoxy groups -OCH3 is 1. The van der Waals surface area contributed by atoms with E-state index in [9.17, 15) is 17.7 Å². The van der Waals surface area contributed by atoms with Crippen molar-refractivity contribution in [2.45, 2.75) is 31.7 Å². The Morgan fingerprint density at radius 1 is 1.10 bits per heavy atom. The maximum atomic E-state index is 12.6. The molecule has 0 aliphatic rings. The number of benzene rings is 1. The number of hydrogen-bond donors (Lipinski definition) is 1. The molecule has 160 valence electrons. The highest BCUT2D eigenvalue weighted by Crippen LogP contribution is 2.36. The summed E-state index contributed by atoms with van der Waals surface area (Å²) in [5, 5.41) is 2.67. The van der Waals surface area contributed by atoms with Crippen LogP contribution in [0.4, 0.5) is 18.9 Å². The van der Waals surface area contributed by atoms with Crippen LogP contribution in [0, 0.1) is 0 Å². The molecule has 1 atom stereocenters. The van der Waals surface area contributed by atoms with Crippen LogP contribution < -0.4 is 9.46 Å². The number of anilines is 1. The van der Waals surface area contributed by atoms with E-state index >= 15 is 0 Å². The first-order valence-corrected chi connectivity index (χ1v) is 10.9. The number of nitrogens with zero attached hydrogens (tertiary/aromatic N) is 2. The molecule has 0 aliphatic carbocycles. The van der Waals surface area contributed by atoms with Gasteiger partial charge in [0, 0.05) is 33.8 Å². The van der Waals surface area contributed by atoms with Crippen molar-refractivity contribution >= 4 is 28.4 Å². The monoisotopic (exact) mass is 455 g/mol. The molecule has 0 saturated carbocycles. The molecule has 2 heterocycles. The lowest BCUT2D eigenvalue weighted by Crippen LogP contribution is -2.30. The molecule has 1 N–H and O–H groups in total. The zero-order chi connectivity index (χ0) is 22.1. The summed E-state index contributed by atoms with van der Waals surface area (Å²) in [7, 11) is 1.33. The lowest BCUT2D eigenvalue weighted by Gasteiger charge is -2.17. The van der Waals surface area contributed by atoms with E-state index < -0.39 is 16.9 Å². The standard InChI is InChI=1S/C20H20F3N3O2S2/c1-19(2,3)17-10-13(7-8-24-17)18-25-15(11-29-18)12-5-6-14(16(9-12)28-4)26-30(27)20(21,22)23/h5-11,26H,1-4H3. The Labute approximate surface area is 179 Å². The van der Waals surface area contributed by atoms with Crippen LogP contribution in [0.25, 0.3) is 21.8 Å². The predicted molar refractivity (Wildman–Crippen MR) is 114 cm³/mol. The van der Waals surface area contributed by atoms with E-state index in [2.05, 4.69) is 30.7 Å². The second-order valence-electron chi connectivity index (χ2n) is 7.45. The number of alkyl halides is 3. The van der Waals surface area contributed by atoms with Crippen molar-refractivity contribution in [3.05, 3.63) is 47.6 Å². The highest BCUT2D eigenvalue weighted by atomic mass is 32.2. The second kappa shape index (κ2) is 8.44. The van der Waals surface area contributed by atoms with Gasteiger partial charge in [0.15, 0.2) is 11.4 Å². The third kappa shape index (κ3) is 5.05. The van der Waals surface area contributed by atoms with E-state index in [1.807, 2.05) is 22.2 Å². The van der Waals surface area contributed by atoms with Gasteiger partial charge in [-0.1, -0.05) is 26.8 Å². The molecule has 1 aromatic carbocycles. The number of pyridine rings is 1. The Kier molecular flexibility index (Phi) is 6.30. The fraction of sp³-hybridized carbons (Fsp3) is 0.300. The molecule has 10 heteroatoms. The van der Waals surface area contributed by atoms with Crippen molar-refractivity contribution in [2.24, 2.45) is 0 Å². The molecule has 0 bridgehead atoms. The topological polar surface area (TPSA) is 70.1 Å². The minimum atomic E-state index is -4.87. The van der Waals surface area contributed by atoms with Crippen molar-refractivity contribution in [1.29, 1.82) is 0 Å². The summed E-state index contributed by atoms with van der Waals surface area (Å²) in [6.07, 6.45) is 1.75. The van der Waals surface area contributed by atoms with Crippen LogP contribution in [0.1, 0.15) is 26.5 Å². The van der Waals surface area contributed by atoms with Crippen molar-refractivity contribution < 1.29 is 22.5 Å². The van der Waals surface area contributed by atoms with Gasteiger partial charge in [-0.3, -0.25) is 4.98 Å². The van der Waals surface area contributed by atoms with Gasteiger partial charge in [0.2, 0.25) is 0 Å². The quantitative estimate of drug-likeness (QED) is 0.495. The second-order valence-corrected chi connectivity index (χ2v) is 9.51. The Balaban J connectivity index is 1.89. The molecule has 0 fully saturated rings. The number of rotatable bonds is 5. The van der Waals surface area contributed by atoms with Gasteiger partial charge in [0.25, 0.3) is 0 Å². The van der Waals surface area contributed by atoms with Gasteiger partial charge in [0.1, 0.15) is 16.4 Å². The van der Waals surface area contributed by atoms with Crippen molar-refractivity contribution in [2.75, 3.05) is 11.8 Å². The molecule has 0 amide bonds. The van der Waals surface area contributed by atoms with Crippen LogP contribution in [0.5, 0.6) is 5.75 Å². The summed E-state index contributed by atoms with van der Waals surface area (Å²) in [6, 6.07) is 8.44. The molecule has 3 aromatic rings. The highest BCUT2D eigenvalue weighted by molar-refractivity contribution is 7.93. The van der Waals surface area contributed by atoms with E-state index in [0.29, 0.717) is 11.3 Å². The summed E-state index contributed by atoms with van der Waals surface area (Å²) < 4.78 is 56.1. The molecule has 0 radical (unpaired) electrons. The van der Waals surface area contributed by atoms with Gasteiger partial charge in [-0.05, 0) is 24.3 Å². The largest absolute Gasteiger partial charge is 0.598 e. The Morgan fingerprint density at radius 3 is 2.47 bits per heavy atom. The summed E-state index contributed by atoms with van der Waals surface area (Å²) in [5.41, 5.74) is -1.76. The number of nitrogens with one attached hydrogen (secondary N) is 1. The number of ether oxygens (including phenoxy) is 1. The van der Waals surface area contributed by atoms with Crippen molar-refractivity contribution in [3.8, 4) is 27.6 Å². The van der Waals surface area contributed by atoms with Gasteiger partial charge in [0.05, 0.1) is 12.8 Å². The number of thiazole rings is 1. The minimum Gasteiger partial charge on any atom is -0.586 e. The highest BCUT2D eigenvalue weighted by Gasteiger charge is 2.46. The van der Waals surface area contributed by atoms with E-state index in [1.165, 1.54) is 24.5 Å². The summed E-state index contributed by atoms with van der Waals surface area (Å²) in [4.78, 5) is 9.08. The zero-order valence-electron chi connectivity index (χ0n) is 16.7. The number of hydrogen-bond acceptors (Lipinski definition) is 6. The summed E-state index contributed by atoms with van der Waals surface area (Å²) in [6.45, 7) is 6.25. The van der Waals surface area contributed by atoms with Gasteiger partial charge >= 0.3 is 5.51 Å². The molecule has 30 heavy (non-hydrogen) atoms. The molecule has 0 saturated heterocycles. The van der Waals surface area contributed by atoms with Gasteiger partial charge in [-0.25, -0.2) is 4.98 Å². The fourth-order valence-electron chi connectivity index (χ4n) is 2.61. The van der Waals surface area contributed by atoms with Crippen LogP contribution >= 0.6 is 11.3 Å². The number of halogens is 3. The van der Waals surface area contributed by atoms with Crippen molar-refractivity contribution in [3.63, 3.8) is 0 Å². The Bertz CT molecular complexity index is 1030. The van der Waals surface area contributed by atoms with Crippen LogP contribution in [-0.4, -0.2) is 27.1 Å². The van der Waals surface area contributed by atoms with Crippen molar-refractivity contribution in [1.82, 2.24) is 9.97 Å². The van der Waals surface area contributed by atoms with Crippen LogP contribution in [0.15, 0.2) is 41.9 Å². The van der Waals surface area contributed by atoms with E-state index in [-0.39, 0.29) is 16.9 Å². The smallest absolute Gasteiger partial charge is 0.586 e. The lowest BCUT2D eigenvalue weighted by atomic mass is 9.91. The van der Waals surface area contributed by atoms with Gasteiger partial charge in [-0.2, -0.15) is 4.72 Å². The molecule has 2 aromatic heterocycles. The first kappa shape index (κ1) is 22.4. The van der Waals surface area contributed by atoms with Crippen LogP contribution in [0.3, 0.4) is 0 Å². The Morgan fingerprint density at radius 2 is 1.83 bits per heavy atom. The molecule has 1 unspecified atom stereocenters. The van der Waals surface area contributed by atoms with Gasteiger partial charge in [-0.15, -0.1) is 24.5 Å². The van der Waals surface area contributed by atoms with Gasteiger partial charge < -0.3 is 9.29 Å². The average molecular weight is 456 g/mol. The van der Waals surface area contributed by atoms with Crippen LogP contribution in [0.2, 0.25) is 0 Å². The fourth-order valence-corrected chi connectivity index (χ4v) is 3.92. The average Bonchev–Trinajstić information content (AvgIpc) is 3.17. The normalized spacial score (nSPS) is 13.2. The van der Waals surface area contributed by atoms with E-state index in [0.717, 1.165) is 16.3 Å². The van der Waals surface area contributed by atoms with E-state index in [4.69, 9.17) is 4.74 Å². The predicted octanol–water partition coefficient (Wildman–Crippen LogP) is 5.77. The molecule has 3 rings (SSSR count). The molecule has 5 nitrogen and oxygen atoms in total.